The molecule has 2 fully saturated rings. The number of rotatable bonds is 4. The highest BCUT2D eigenvalue weighted by Crippen LogP contribution is 2.37. The van der Waals surface area contributed by atoms with Crippen LogP contribution in [0.4, 0.5) is 0 Å². The molecule has 4 heterocycles. The molecule has 3 amide bonds. The predicted octanol–water partition coefficient (Wildman–Crippen LogP) is 5.05. The number of piperidine rings is 2. The van der Waals surface area contributed by atoms with Gasteiger partial charge in [-0.3, -0.25) is 19.4 Å². The van der Waals surface area contributed by atoms with Crippen molar-refractivity contribution in [3.63, 3.8) is 0 Å². The molecule has 232 valence electrons. The van der Waals surface area contributed by atoms with Gasteiger partial charge in [-0.05, 0) is 87.0 Å². The lowest BCUT2D eigenvalue weighted by Crippen LogP contribution is -2.48. The van der Waals surface area contributed by atoms with Crippen LogP contribution >= 0.6 is 0 Å². The highest BCUT2D eigenvalue weighted by atomic mass is 16.5. The average Bonchev–Trinajstić information content (AvgIpc) is 3.04. The largest absolute Gasteiger partial charge is 0.493 e. The van der Waals surface area contributed by atoms with Crippen molar-refractivity contribution in [1.29, 1.82) is 0 Å². The number of nitrogens with zero attached hydrogens (tertiary/aromatic N) is 3. The van der Waals surface area contributed by atoms with Crippen LogP contribution in [0.15, 0.2) is 42.5 Å². The van der Waals surface area contributed by atoms with Crippen LogP contribution in [0, 0.1) is 5.41 Å². The minimum Gasteiger partial charge on any atom is -0.493 e. The first-order valence-electron chi connectivity index (χ1n) is 16.4. The third-order valence-corrected chi connectivity index (χ3v) is 9.73. The number of fused-ring (bicyclic) bond motifs is 1. The third kappa shape index (κ3) is 8.58. The SMILES string of the molecule is CC(=O)N1CCCC(c2cccc(CCC(=O)N3CCC4(CCCCc5ccccc5OCCCC(=O)NC4)CC3)n2)C1. The number of para-hydroxylation sites is 1. The molecule has 1 unspecified atom stereocenters. The second kappa shape index (κ2) is 14.8. The minimum absolute atomic E-state index is 0.0379. The van der Waals surface area contributed by atoms with Crippen LogP contribution in [-0.4, -0.2) is 71.8 Å². The molecule has 8 heteroatoms. The number of nitrogens with one attached hydrogen (secondary N) is 1. The normalized spacial score (nSPS) is 21.7. The molecular weight excluding hydrogens is 540 g/mol. The van der Waals surface area contributed by atoms with Gasteiger partial charge < -0.3 is 19.9 Å². The number of hydrogen-bond acceptors (Lipinski definition) is 5. The molecule has 1 aromatic carbocycles. The van der Waals surface area contributed by atoms with Crippen LogP contribution in [0.25, 0.3) is 0 Å². The minimum atomic E-state index is 0.0379. The van der Waals surface area contributed by atoms with Gasteiger partial charge in [-0.1, -0.05) is 30.7 Å². The van der Waals surface area contributed by atoms with Crippen molar-refractivity contribution in [2.45, 2.75) is 89.9 Å². The van der Waals surface area contributed by atoms with Crippen LogP contribution in [0.3, 0.4) is 0 Å². The van der Waals surface area contributed by atoms with E-state index in [4.69, 9.17) is 9.72 Å². The maximum absolute atomic E-state index is 13.3. The highest BCUT2D eigenvalue weighted by molar-refractivity contribution is 5.77. The average molecular weight is 589 g/mol. The monoisotopic (exact) mass is 588 g/mol. The van der Waals surface area contributed by atoms with Crippen LogP contribution < -0.4 is 10.1 Å². The van der Waals surface area contributed by atoms with Gasteiger partial charge in [-0.25, -0.2) is 0 Å². The lowest BCUT2D eigenvalue weighted by molar-refractivity contribution is -0.134. The van der Waals surface area contributed by atoms with Crippen molar-refractivity contribution in [2.24, 2.45) is 5.41 Å². The summed E-state index contributed by atoms with van der Waals surface area (Å²) in [7, 11) is 0. The molecule has 2 aromatic rings. The second-order valence-corrected chi connectivity index (χ2v) is 12.8. The van der Waals surface area contributed by atoms with Crippen molar-refractivity contribution < 1.29 is 19.1 Å². The summed E-state index contributed by atoms with van der Waals surface area (Å²) in [5, 5.41) is 3.22. The summed E-state index contributed by atoms with van der Waals surface area (Å²) in [6.45, 7) is 5.89. The lowest BCUT2D eigenvalue weighted by atomic mass is 9.74. The molecule has 1 aromatic heterocycles. The lowest BCUT2D eigenvalue weighted by Gasteiger charge is -2.42. The quantitative estimate of drug-likeness (QED) is 0.540. The Morgan fingerprint density at radius 3 is 2.63 bits per heavy atom. The number of aromatic nitrogens is 1. The Hall–Kier alpha value is -3.42. The molecule has 2 saturated heterocycles. The summed E-state index contributed by atoms with van der Waals surface area (Å²) in [4.78, 5) is 46.6. The molecule has 0 aliphatic carbocycles. The van der Waals surface area contributed by atoms with E-state index < -0.39 is 0 Å². The maximum Gasteiger partial charge on any atom is 0.222 e. The van der Waals surface area contributed by atoms with Gasteiger partial charge >= 0.3 is 0 Å². The van der Waals surface area contributed by atoms with E-state index in [1.165, 1.54) is 5.56 Å². The Labute approximate surface area is 256 Å². The molecule has 3 aliphatic rings. The molecular formula is C35H48N4O4. The van der Waals surface area contributed by atoms with E-state index in [2.05, 4.69) is 23.5 Å². The van der Waals surface area contributed by atoms with Gasteiger partial charge in [0, 0.05) is 69.8 Å². The van der Waals surface area contributed by atoms with E-state index in [1.54, 1.807) is 6.92 Å². The van der Waals surface area contributed by atoms with E-state index >= 15 is 0 Å². The number of benzene rings is 1. The number of amides is 3. The first kappa shape index (κ1) is 31.0. The number of carbonyl (C=O) groups is 3. The summed E-state index contributed by atoms with van der Waals surface area (Å²) in [6.07, 6.45) is 10.3. The van der Waals surface area contributed by atoms with Crippen molar-refractivity contribution in [1.82, 2.24) is 20.1 Å². The van der Waals surface area contributed by atoms with Crippen LogP contribution in [-0.2, 0) is 27.2 Å². The van der Waals surface area contributed by atoms with Crippen molar-refractivity contribution in [3.8, 4) is 5.75 Å². The molecule has 0 bridgehead atoms. The summed E-state index contributed by atoms with van der Waals surface area (Å²) in [5.74, 6) is 1.60. The van der Waals surface area contributed by atoms with Gasteiger partial charge in [0.25, 0.3) is 0 Å². The molecule has 0 saturated carbocycles. The molecule has 3 aliphatic heterocycles. The number of carbonyl (C=O) groups excluding carboxylic acids is 3. The molecule has 1 spiro atoms. The first-order chi connectivity index (χ1) is 20.9. The molecule has 1 N–H and O–H groups in total. The van der Waals surface area contributed by atoms with E-state index in [-0.39, 0.29) is 29.1 Å². The number of ether oxygens (including phenoxy) is 1. The molecule has 43 heavy (non-hydrogen) atoms. The first-order valence-corrected chi connectivity index (χ1v) is 16.4. The molecule has 1 atom stereocenters. The Bertz CT molecular complexity index is 1260. The van der Waals surface area contributed by atoms with Gasteiger partial charge in [0.15, 0.2) is 0 Å². The molecule has 0 radical (unpaired) electrons. The summed E-state index contributed by atoms with van der Waals surface area (Å²) >= 11 is 0. The Kier molecular flexibility index (Phi) is 10.7. The van der Waals surface area contributed by atoms with Crippen molar-refractivity contribution >= 4 is 17.7 Å². The van der Waals surface area contributed by atoms with Gasteiger partial charge in [-0.2, -0.15) is 0 Å². The number of likely N-dealkylation sites (tertiary alicyclic amines) is 2. The van der Waals surface area contributed by atoms with Crippen LogP contribution in [0.5, 0.6) is 5.75 Å². The number of hydrogen-bond donors (Lipinski definition) is 1. The fourth-order valence-electron chi connectivity index (χ4n) is 6.96. The van der Waals surface area contributed by atoms with Gasteiger partial charge in [0.05, 0.1) is 6.61 Å². The Morgan fingerprint density at radius 2 is 1.79 bits per heavy atom. The topological polar surface area (TPSA) is 91.8 Å². The highest BCUT2D eigenvalue weighted by Gasteiger charge is 2.36. The van der Waals surface area contributed by atoms with E-state index in [9.17, 15) is 14.4 Å². The molecule has 8 nitrogen and oxygen atoms in total. The summed E-state index contributed by atoms with van der Waals surface area (Å²) in [5.41, 5.74) is 3.26. The fraction of sp³-hybridized carbons (Fsp3) is 0.600. The second-order valence-electron chi connectivity index (χ2n) is 12.8. The standard InChI is InChI=1S/C35H48N4O4/c1-27(40)39-21-7-11-29(25-39)31-13-6-12-30(37-31)16-17-34(42)38-22-19-35(20-23-38)18-5-4-10-28-9-2-3-14-32(28)43-24-8-15-33(41)36-26-35/h2-3,6,9,12-14,29H,4-5,7-8,10-11,15-26H2,1H3,(H,36,41). The fourth-order valence-corrected chi connectivity index (χ4v) is 6.96. The van der Waals surface area contributed by atoms with Gasteiger partial charge in [0.2, 0.25) is 17.7 Å². The number of pyridine rings is 1. The van der Waals surface area contributed by atoms with Gasteiger partial charge in [-0.15, -0.1) is 0 Å². The Balaban J connectivity index is 1.13. The third-order valence-electron chi connectivity index (χ3n) is 9.73. The van der Waals surface area contributed by atoms with Gasteiger partial charge in [0.1, 0.15) is 5.75 Å². The number of aryl methyl sites for hydroxylation is 2. The predicted molar refractivity (Wildman–Crippen MR) is 167 cm³/mol. The maximum atomic E-state index is 13.3. The zero-order valence-electron chi connectivity index (χ0n) is 25.8. The molecule has 5 rings (SSSR count). The smallest absolute Gasteiger partial charge is 0.222 e. The van der Waals surface area contributed by atoms with E-state index in [0.717, 1.165) is 94.7 Å². The van der Waals surface area contributed by atoms with E-state index in [1.807, 2.05) is 34.1 Å². The summed E-state index contributed by atoms with van der Waals surface area (Å²) < 4.78 is 5.98. The van der Waals surface area contributed by atoms with Crippen LogP contribution in [0.2, 0.25) is 0 Å². The summed E-state index contributed by atoms with van der Waals surface area (Å²) in [6, 6.07) is 14.4. The van der Waals surface area contributed by atoms with E-state index in [0.29, 0.717) is 38.8 Å². The van der Waals surface area contributed by atoms with Crippen molar-refractivity contribution in [3.05, 3.63) is 59.4 Å². The van der Waals surface area contributed by atoms with Crippen LogP contribution in [0.1, 0.15) is 94.0 Å². The van der Waals surface area contributed by atoms with Crippen molar-refractivity contribution in [2.75, 3.05) is 39.3 Å². The zero-order valence-corrected chi connectivity index (χ0v) is 25.8. The zero-order chi connectivity index (χ0) is 30.1. The Morgan fingerprint density at radius 1 is 0.953 bits per heavy atom.